The van der Waals surface area contributed by atoms with Crippen LogP contribution in [0.2, 0.25) is 0 Å². The van der Waals surface area contributed by atoms with Crippen molar-refractivity contribution in [2.45, 2.75) is 46.2 Å². The summed E-state index contributed by atoms with van der Waals surface area (Å²) in [7, 11) is 0. The third-order valence-corrected chi connectivity index (χ3v) is 2.75. The first kappa shape index (κ1) is 13.7. The number of oxazole rings is 1. The molecule has 5 nitrogen and oxygen atoms in total. The summed E-state index contributed by atoms with van der Waals surface area (Å²) in [5, 5.41) is 2.83. The standard InChI is InChI=1S/C12H21N3O2/c1-5-8(4)14-11(16)9-6-17-12(15-9)10(13)7(2)3/h6-8,10H,5,13H2,1-4H3,(H,14,16). The highest BCUT2D eigenvalue weighted by atomic mass is 16.3. The number of carbonyl (C=O) groups is 1. The molecular formula is C12H21N3O2. The van der Waals surface area contributed by atoms with E-state index in [1.807, 2.05) is 27.7 Å². The number of nitrogens with one attached hydrogen (secondary N) is 1. The van der Waals surface area contributed by atoms with E-state index in [0.29, 0.717) is 5.89 Å². The van der Waals surface area contributed by atoms with Gasteiger partial charge in [0.25, 0.3) is 5.91 Å². The molecule has 0 aromatic carbocycles. The van der Waals surface area contributed by atoms with Crippen molar-refractivity contribution in [2.24, 2.45) is 11.7 Å². The van der Waals surface area contributed by atoms with Crippen LogP contribution in [0.5, 0.6) is 0 Å². The van der Waals surface area contributed by atoms with E-state index < -0.39 is 0 Å². The molecule has 0 bridgehead atoms. The van der Waals surface area contributed by atoms with Gasteiger partial charge in [0.15, 0.2) is 5.69 Å². The molecule has 17 heavy (non-hydrogen) atoms. The predicted molar refractivity (Wildman–Crippen MR) is 65.5 cm³/mol. The van der Waals surface area contributed by atoms with Crippen LogP contribution in [0.25, 0.3) is 0 Å². The average Bonchev–Trinajstić information content (AvgIpc) is 2.76. The fourth-order valence-electron chi connectivity index (χ4n) is 1.23. The highest BCUT2D eigenvalue weighted by Gasteiger charge is 2.19. The second-order valence-electron chi connectivity index (χ2n) is 4.62. The predicted octanol–water partition coefficient (Wildman–Crippen LogP) is 1.86. The lowest BCUT2D eigenvalue weighted by molar-refractivity contribution is 0.0934. The van der Waals surface area contributed by atoms with Crippen molar-refractivity contribution in [3.63, 3.8) is 0 Å². The van der Waals surface area contributed by atoms with Crippen LogP contribution in [0.1, 0.15) is 56.5 Å². The molecular weight excluding hydrogens is 218 g/mol. The van der Waals surface area contributed by atoms with Gasteiger partial charge in [-0.25, -0.2) is 4.98 Å². The van der Waals surface area contributed by atoms with Crippen molar-refractivity contribution in [3.05, 3.63) is 17.8 Å². The quantitative estimate of drug-likeness (QED) is 0.821. The van der Waals surface area contributed by atoms with E-state index in [1.165, 1.54) is 6.26 Å². The lowest BCUT2D eigenvalue weighted by Gasteiger charge is -2.10. The first-order valence-corrected chi connectivity index (χ1v) is 5.97. The Balaban J connectivity index is 2.71. The molecule has 0 aliphatic rings. The molecule has 1 heterocycles. The maximum atomic E-state index is 11.7. The second-order valence-corrected chi connectivity index (χ2v) is 4.62. The fraction of sp³-hybridized carbons (Fsp3) is 0.667. The van der Waals surface area contributed by atoms with Crippen LogP contribution in [-0.4, -0.2) is 16.9 Å². The first-order valence-electron chi connectivity index (χ1n) is 5.97. The van der Waals surface area contributed by atoms with Gasteiger partial charge in [-0.05, 0) is 19.3 Å². The molecule has 0 aliphatic carbocycles. The molecule has 2 unspecified atom stereocenters. The Morgan fingerprint density at radius 3 is 2.71 bits per heavy atom. The van der Waals surface area contributed by atoms with Crippen LogP contribution >= 0.6 is 0 Å². The van der Waals surface area contributed by atoms with Crippen LogP contribution in [0.4, 0.5) is 0 Å². The largest absolute Gasteiger partial charge is 0.446 e. The first-order chi connectivity index (χ1) is 7.95. The summed E-state index contributed by atoms with van der Waals surface area (Å²) >= 11 is 0. The summed E-state index contributed by atoms with van der Waals surface area (Å²) in [5.74, 6) is 0.415. The average molecular weight is 239 g/mol. The Kier molecular flexibility index (Phi) is 4.69. The van der Waals surface area contributed by atoms with Crippen molar-refractivity contribution in [2.75, 3.05) is 0 Å². The van der Waals surface area contributed by atoms with Crippen LogP contribution in [0.15, 0.2) is 10.7 Å². The molecule has 0 saturated carbocycles. The number of hydrogen-bond donors (Lipinski definition) is 2. The summed E-state index contributed by atoms with van der Waals surface area (Å²) in [6.45, 7) is 7.91. The summed E-state index contributed by atoms with van der Waals surface area (Å²) in [5.41, 5.74) is 6.18. The van der Waals surface area contributed by atoms with E-state index in [0.717, 1.165) is 6.42 Å². The molecule has 0 saturated heterocycles. The second kappa shape index (κ2) is 5.82. The minimum Gasteiger partial charge on any atom is -0.446 e. The maximum Gasteiger partial charge on any atom is 0.273 e. The molecule has 96 valence electrons. The lowest BCUT2D eigenvalue weighted by atomic mass is 10.1. The van der Waals surface area contributed by atoms with E-state index in [-0.39, 0.29) is 29.6 Å². The van der Waals surface area contributed by atoms with Crippen molar-refractivity contribution in [1.29, 1.82) is 0 Å². The number of hydrogen-bond acceptors (Lipinski definition) is 4. The summed E-state index contributed by atoms with van der Waals surface area (Å²) in [4.78, 5) is 15.9. The molecule has 0 radical (unpaired) electrons. The van der Waals surface area contributed by atoms with Gasteiger partial charge >= 0.3 is 0 Å². The highest BCUT2D eigenvalue weighted by molar-refractivity contribution is 5.92. The number of rotatable bonds is 5. The summed E-state index contributed by atoms with van der Waals surface area (Å²) in [6, 6.07) is -0.151. The molecule has 1 aromatic heterocycles. The zero-order valence-corrected chi connectivity index (χ0v) is 10.9. The smallest absolute Gasteiger partial charge is 0.273 e. The van der Waals surface area contributed by atoms with Crippen LogP contribution in [-0.2, 0) is 0 Å². The van der Waals surface area contributed by atoms with E-state index in [4.69, 9.17) is 10.2 Å². The van der Waals surface area contributed by atoms with Crippen molar-refractivity contribution in [3.8, 4) is 0 Å². The molecule has 2 atom stereocenters. The Hall–Kier alpha value is -1.36. The molecule has 3 N–H and O–H groups in total. The molecule has 0 fully saturated rings. The maximum absolute atomic E-state index is 11.7. The normalized spacial score (nSPS) is 14.7. The van der Waals surface area contributed by atoms with Crippen LogP contribution in [0, 0.1) is 5.92 Å². The minimum absolute atomic E-state index is 0.126. The molecule has 1 amide bonds. The Morgan fingerprint density at radius 1 is 1.53 bits per heavy atom. The van der Waals surface area contributed by atoms with E-state index >= 15 is 0 Å². The molecule has 0 aliphatic heterocycles. The molecule has 5 heteroatoms. The van der Waals surface area contributed by atoms with Gasteiger partial charge in [0, 0.05) is 6.04 Å². The number of nitrogens with two attached hydrogens (primary N) is 1. The number of carbonyl (C=O) groups excluding carboxylic acids is 1. The van der Waals surface area contributed by atoms with E-state index in [1.54, 1.807) is 0 Å². The Bertz CT molecular complexity index is 374. The SMILES string of the molecule is CCC(C)NC(=O)c1coc(C(N)C(C)C)n1. The number of aromatic nitrogens is 1. The molecule has 1 rings (SSSR count). The lowest BCUT2D eigenvalue weighted by Crippen LogP contribution is -2.32. The third kappa shape index (κ3) is 3.56. The van der Waals surface area contributed by atoms with Gasteiger partial charge in [-0.3, -0.25) is 4.79 Å². The summed E-state index contributed by atoms with van der Waals surface area (Å²) < 4.78 is 5.23. The summed E-state index contributed by atoms with van der Waals surface area (Å²) in [6.07, 6.45) is 2.23. The Labute approximate surface area is 102 Å². The van der Waals surface area contributed by atoms with Gasteiger partial charge in [-0.15, -0.1) is 0 Å². The van der Waals surface area contributed by atoms with Crippen molar-refractivity contribution >= 4 is 5.91 Å². The monoisotopic (exact) mass is 239 g/mol. The highest BCUT2D eigenvalue weighted by Crippen LogP contribution is 2.17. The molecule has 1 aromatic rings. The van der Waals surface area contributed by atoms with Crippen LogP contribution < -0.4 is 11.1 Å². The fourth-order valence-corrected chi connectivity index (χ4v) is 1.23. The van der Waals surface area contributed by atoms with Gasteiger partial charge < -0.3 is 15.5 Å². The van der Waals surface area contributed by atoms with Gasteiger partial charge in [-0.1, -0.05) is 20.8 Å². The van der Waals surface area contributed by atoms with Crippen molar-refractivity contribution in [1.82, 2.24) is 10.3 Å². The third-order valence-electron chi connectivity index (χ3n) is 2.75. The zero-order valence-electron chi connectivity index (χ0n) is 10.9. The van der Waals surface area contributed by atoms with Gasteiger partial charge in [0.05, 0.1) is 6.04 Å². The van der Waals surface area contributed by atoms with Crippen molar-refractivity contribution < 1.29 is 9.21 Å². The van der Waals surface area contributed by atoms with Gasteiger partial charge in [-0.2, -0.15) is 0 Å². The minimum atomic E-state index is -0.278. The van der Waals surface area contributed by atoms with Gasteiger partial charge in [0.1, 0.15) is 6.26 Å². The number of amides is 1. The number of nitrogens with zero attached hydrogens (tertiary/aromatic N) is 1. The molecule has 0 spiro atoms. The topological polar surface area (TPSA) is 81.2 Å². The van der Waals surface area contributed by atoms with E-state index in [9.17, 15) is 4.79 Å². The Morgan fingerprint density at radius 2 is 2.18 bits per heavy atom. The zero-order chi connectivity index (χ0) is 13.0. The van der Waals surface area contributed by atoms with Crippen LogP contribution in [0.3, 0.4) is 0 Å². The van der Waals surface area contributed by atoms with Gasteiger partial charge in [0.2, 0.25) is 5.89 Å². The van der Waals surface area contributed by atoms with E-state index in [2.05, 4.69) is 10.3 Å².